The predicted molar refractivity (Wildman–Crippen MR) is 81.5 cm³/mol. The first-order valence-electron chi connectivity index (χ1n) is 6.54. The van der Waals surface area contributed by atoms with Crippen molar-refractivity contribution in [2.45, 2.75) is 20.0 Å². The molecule has 0 aliphatic rings. The zero-order valence-corrected chi connectivity index (χ0v) is 11.9. The van der Waals surface area contributed by atoms with Crippen LogP contribution in [0.2, 0.25) is 5.02 Å². The third-order valence-electron chi connectivity index (χ3n) is 3.32. The van der Waals surface area contributed by atoms with Crippen LogP contribution < -0.4 is 5.73 Å². The minimum atomic E-state index is 0.493. The minimum absolute atomic E-state index is 0.493. The van der Waals surface area contributed by atoms with E-state index in [0.29, 0.717) is 11.6 Å². The number of aromatic nitrogens is 3. The maximum Gasteiger partial charge on any atom is 0.159 e. The lowest BCUT2D eigenvalue weighted by Gasteiger charge is -2.06. The molecule has 102 valence electrons. The lowest BCUT2D eigenvalue weighted by atomic mass is 10.2. The molecule has 2 heterocycles. The molecule has 3 aromatic rings. The number of halogens is 1. The van der Waals surface area contributed by atoms with Crippen molar-refractivity contribution >= 4 is 22.6 Å². The summed E-state index contributed by atoms with van der Waals surface area (Å²) in [6.07, 6.45) is 1.79. The number of nitrogens with two attached hydrogens (primary N) is 1. The number of fused-ring (bicyclic) bond motifs is 1. The second-order valence-electron chi connectivity index (χ2n) is 4.57. The molecule has 0 saturated heterocycles. The monoisotopic (exact) mass is 286 g/mol. The Hall–Kier alpha value is -1.91. The number of aryl methyl sites for hydroxylation is 1. The molecule has 0 bridgehead atoms. The molecule has 0 spiro atoms. The highest BCUT2D eigenvalue weighted by atomic mass is 35.5. The van der Waals surface area contributed by atoms with Crippen molar-refractivity contribution in [2.75, 3.05) is 0 Å². The van der Waals surface area contributed by atoms with Gasteiger partial charge in [-0.3, -0.25) is 4.98 Å². The molecule has 1 aromatic carbocycles. The fourth-order valence-corrected chi connectivity index (χ4v) is 2.46. The topological polar surface area (TPSA) is 56.7 Å². The minimum Gasteiger partial charge on any atom is -0.326 e. The van der Waals surface area contributed by atoms with Gasteiger partial charge in [0.25, 0.3) is 0 Å². The first-order chi connectivity index (χ1) is 9.72. The smallest absolute Gasteiger partial charge is 0.159 e. The third kappa shape index (κ3) is 2.17. The molecule has 0 aliphatic heterocycles. The summed E-state index contributed by atoms with van der Waals surface area (Å²) < 4.78 is 2.12. The van der Waals surface area contributed by atoms with Gasteiger partial charge in [0.15, 0.2) is 5.82 Å². The van der Waals surface area contributed by atoms with Crippen LogP contribution in [0, 0.1) is 0 Å². The Morgan fingerprint density at radius 1 is 1.25 bits per heavy atom. The first-order valence-corrected chi connectivity index (χ1v) is 6.92. The average molecular weight is 287 g/mol. The van der Waals surface area contributed by atoms with Crippen LogP contribution >= 0.6 is 11.6 Å². The number of benzene rings is 1. The Bertz CT molecular complexity index is 746. The lowest BCUT2D eigenvalue weighted by Crippen LogP contribution is -2.01. The predicted octanol–water partition coefficient (Wildman–Crippen LogP) is 3.23. The van der Waals surface area contributed by atoms with Crippen LogP contribution in [0.3, 0.4) is 0 Å². The first kappa shape index (κ1) is 13.1. The standard InChI is InChI=1S/C15H15ClN4/c1-2-20-14-7-11(16)4-6-12(14)19-15(20)13-5-3-10(8-17)9-18-13/h3-7,9H,2,8,17H2,1H3. The van der Waals surface area contributed by atoms with Gasteiger partial charge in [0.2, 0.25) is 0 Å². The average Bonchev–Trinajstić information content (AvgIpc) is 2.85. The molecule has 0 radical (unpaired) electrons. The molecule has 0 aliphatic carbocycles. The Balaban J connectivity index is 2.19. The summed E-state index contributed by atoms with van der Waals surface area (Å²) in [7, 11) is 0. The van der Waals surface area contributed by atoms with E-state index in [-0.39, 0.29) is 0 Å². The van der Waals surface area contributed by atoms with Gasteiger partial charge in [-0.2, -0.15) is 0 Å². The lowest BCUT2D eigenvalue weighted by molar-refractivity contribution is 0.793. The van der Waals surface area contributed by atoms with Gasteiger partial charge in [0, 0.05) is 24.3 Å². The summed E-state index contributed by atoms with van der Waals surface area (Å²) in [6, 6.07) is 9.66. The van der Waals surface area contributed by atoms with Crippen LogP contribution in [0.15, 0.2) is 36.5 Å². The van der Waals surface area contributed by atoms with E-state index in [0.717, 1.165) is 34.7 Å². The van der Waals surface area contributed by atoms with Gasteiger partial charge in [-0.25, -0.2) is 4.98 Å². The van der Waals surface area contributed by atoms with E-state index < -0.39 is 0 Å². The Kier molecular flexibility index (Phi) is 3.42. The van der Waals surface area contributed by atoms with E-state index in [2.05, 4.69) is 21.5 Å². The molecule has 2 N–H and O–H groups in total. The summed E-state index contributed by atoms with van der Waals surface area (Å²) in [5.41, 5.74) is 9.41. The number of imidazole rings is 1. The highest BCUT2D eigenvalue weighted by molar-refractivity contribution is 6.31. The summed E-state index contributed by atoms with van der Waals surface area (Å²) in [5.74, 6) is 0.855. The molecule has 4 nitrogen and oxygen atoms in total. The summed E-state index contributed by atoms with van der Waals surface area (Å²) in [6.45, 7) is 3.39. The summed E-state index contributed by atoms with van der Waals surface area (Å²) in [5, 5.41) is 0.713. The molecule has 0 amide bonds. The third-order valence-corrected chi connectivity index (χ3v) is 3.55. The highest BCUT2D eigenvalue weighted by Gasteiger charge is 2.12. The van der Waals surface area contributed by atoms with E-state index in [9.17, 15) is 0 Å². The van der Waals surface area contributed by atoms with Crippen LogP contribution in [0.5, 0.6) is 0 Å². The Labute approximate surface area is 122 Å². The van der Waals surface area contributed by atoms with Crippen LogP contribution in [0.1, 0.15) is 12.5 Å². The fourth-order valence-electron chi connectivity index (χ4n) is 2.29. The number of rotatable bonds is 3. The molecule has 0 fully saturated rings. The Morgan fingerprint density at radius 3 is 2.75 bits per heavy atom. The van der Waals surface area contributed by atoms with Gasteiger partial charge in [0.1, 0.15) is 5.69 Å². The molecule has 2 aromatic heterocycles. The van der Waals surface area contributed by atoms with Crippen LogP contribution in [-0.4, -0.2) is 14.5 Å². The van der Waals surface area contributed by atoms with Crippen molar-refractivity contribution < 1.29 is 0 Å². The van der Waals surface area contributed by atoms with Gasteiger partial charge in [-0.15, -0.1) is 0 Å². The maximum atomic E-state index is 6.07. The van der Waals surface area contributed by atoms with Crippen molar-refractivity contribution in [2.24, 2.45) is 5.73 Å². The van der Waals surface area contributed by atoms with Gasteiger partial charge in [-0.05, 0) is 36.8 Å². The van der Waals surface area contributed by atoms with Crippen molar-refractivity contribution in [3.63, 3.8) is 0 Å². The number of hydrogen-bond acceptors (Lipinski definition) is 3. The number of hydrogen-bond donors (Lipinski definition) is 1. The Morgan fingerprint density at radius 2 is 2.10 bits per heavy atom. The quantitative estimate of drug-likeness (QED) is 0.804. The zero-order chi connectivity index (χ0) is 14.1. The van der Waals surface area contributed by atoms with Crippen molar-refractivity contribution in [1.82, 2.24) is 14.5 Å². The van der Waals surface area contributed by atoms with Crippen molar-refractivity contribution in [3.8, 4) is 11.5 Å². The summed E-state index contributed by atoms with van der Waals surface area (Å²) in [4.78, 5) is 9.11. The van der Waals surface area contributed by atoms with E-state index in [1.807, 2.05) is 30.3 Å². The maximum absolute atomic E-state index is 6.07. The van der Waals surface area contributed by atoms with Crippen LogP contribution in [0.4, 0.5) is 0 Å². The van der Waals surface area contributed by atoms with Gasteiger partial charge < -0.3 is 10.3 Å². The van der Waals surface area contributed by atoms with Crippen LogP contribution in [0.25, 0.3) is 22.6 Å². The SMILES string of the molecule is CCn1c(-c2ccc(CN)cn2)nc2ccc(Cl)cc21. The van der Waals surface area contributed by atoms with Gasteiger partial charge in [0.05, 0.1) is 11.0 Å². The van der Waals surface area contributed by atoms with E-state index in [1.165, 1.54) is 0 Å². The number of pyridine rings is 1. The van der Waals surface area contributed by atoms with Crippen LogP contribution in [-0.2, 0) is 13.1 Å². The molecule has 5 heteroatoms. The van der Waals surface area contributed by atoms with E-state index in [1.54, 1.807) is 6.20 Å². The second kappa shape index (κ2) is 5.23. The molecular weight excluding hydrogens is 272 g/mol. The fraction of sp³-hybridized carbons (Fsp3) is 0.200. The van der Waals surface area contributed by atoms with E-state index in [4.69, 9.17) is 17.3 Å². The van der Waals surface area contributed by atoms with Crippen molar-refractivity contribution in [1.29, 1.82) is 0 Å². The normalized spacial score (nSPS) is 11.2. The van der Waals surface area contributed by atoms with Gasteiger partial charge in [-0.1, -0.05) is 17.7 Å². The number of nitrogens with zero attached hydrogens (tertiary/aromatic N) is 3. The summed E-state index contributed by atoms with van der Waals surface area (Å²) >= 11 is 6.07. The molecule has 0 atom stereocenters. The second-order valence-corrected chi connectivity index (χ2v) is 5.00. The zero-order valence-electron chi connectivity index (χ0n) is 11.2. The van der Waals surface area contributed by atoms with Crippen molar-refractivity contribution in [3.05, 3.63) is 47.1 Å². The molecule has 0 saturated carbocycles. The highest BCUT2D eigenvalue weighted by Crippen LogP contribution is 2.25. The molecule has 3 rings (SSSR count). The molecule has 0 unspecified atom stereocenters. The largest absolute Gasteiger partial charge is 0.326 e. The molecular formula is C15H15ClN4. The van der Waals surface area contributed by atoms with E-state index >= 15 is 0 Å². The van der Waals surface area contributed by atoms with Gasteiger partial charge >= 0.3 is 0 Å². The molecule has 20 heavy (non-hydrogen) atoms.